The number of fused-ring (bicyclic) bond motifs is 6. The van der Waals surface area contributed by atoms with Crippen LogP contribution in [0.4, 0.5) is 0 Å². The first-order chi connectivity index (χ1) is 22.6. The zero-order valence-corrected chi connectivity index (χ0v) is 30.8. The summed E-state index contributed by atoms with van der Waals surface area (Å²) in [5.41, 5.74) is 0. The van der Waals surface area contributed by atoms with Crippen molar-refractivity contribution in [3.8, 4) is 0 Å². The minimum absolute atomic E-state index is 0.336. The molecule has 2 heteroatoms. The molecule has 5 aliphatic carbocycles. The van der Waals surface area contributed by atoms with Gasteiger partial charge in [-0.1, -0.05) is 155 Å². The number of Topliss-reactive ketones (excluding diaryl/α,β-unsaturated/α-hetero) is 2. The van der Waals surface area contributed by atoms with Gasteiger partial charge in [0.25, 0.3) is 0 Å². The van der Waals surface area contributed by atoms with Gasteiger partial charge in [0.05, 0.1) is 0 Å². The molecule has 10 atom stereocenters. The molecule has 5 fully saturated rings. The van der Waals surface area contributed by atoms with Crippen LogP contribution in [-0.4, -0.2) is 11.6 Å². The van der Waals surface area contributed by atoms with E-state index in [4.69, 9.17) is 0 Å². The molecular weight excluding hydrogens is 560 g/mol. The van der Waals surface area contributed by atoms with E-state index in [1.807, 2.05) is 0 Å². The van der Waals surface area contributed by atoms with Crippen LogP contribution in [0.1, 0.15) is 206 Å². The summed E-state index contributed by atoms with van der Waals surface area (Å²) in [4.78, 5) is 28.0. The monoisotopic (exact) mass is 637 g/mol. The Labute approximate surface area is 286 Å². The van der Waals surface area contributed by atoms with Crippen molar-refractivity contribution in [2.75, 3.05) is 0 Å². The van der Waals surface area contributed by atoms with Gasteiger partial charge in [0.15, 0.2) is 0 Å². The molecule has 10 unspecified atom stereocenters. The van der Waals surface area contributed by atoms with Crippen LogP contribution in [0.2, 0.25) is 0 Å². The highest BCUT2D eigenvalue weighted by Crippen LogP contribution is 2.62. The molecule has 5 saturated carbocycles. The number of rotatable bonds is 22. The Bertz CT molecular complexity index is 892. The molecule has 0 saturated heterocycles. The van der Waals surface area contributed by atoms with Crippen molar-refractivity contribution >= 4 is 11.6 Å². The lowest BCUT2D eigenvalue weighted by Crippen LogP contribution is -2.41. The molecule has 5 rings (SSSR count). The molecule has 0 N–H and O–H groups in total. The molecule has 0 spiro atoms. The second kappa shape index (κ2) is 19.5. The lowest BCUT2D eigenvalue weighted by molar-refractivity contribution is -0.134. The molecule has 264 valence electrons. The zero-order chi connectivity index (χ0) is 32.1. The van der Waals surface area contributed by atoms with Gasteiger partial charge in [-0.15, -0.1) is 0 Å². The number of carbonyl (C=O) groups excluding carboxylic acids is 2. The number of carbonyl (C=O) groups is 2. The van der Waals surface area contributed by atoms with Gasteiger partial charge < -0.3 is 0 Å². The first kappa shape index (κ1) is 36.6. The molecule has 5 aliphatic rings. The Hall–Kier alpha value is -0.660. The number of ketones is 2. The Kier molecular flexibility index (Phi) is 15.5. The van der Waals surface area contributed by atoms with Crippen molar-refractivity contribution in [3.63, 3.8) is 0 Å². The molecule has 0 radical (unpaired) electrons. The van der Waals surface area contributed by atoms with E-state index in [0.717, 1.165) is 12.3 Å². The third-order valence-corrected chi connectivity index (χ3v) is 14.6. The molecule has 0 aromatic rings. The topological polar surface area (TPSA) is 34.1 Å². The lowest BCUT2D eigenvalue weighted by atomic mass is 9.61. The van der Waals surface area contributed by atoms with Crippen LogP contribution in [-0.2, 0) is 9.59 Å². The number of hydrogen-bond donors (Lipinski definition) is 0. The predicted octanol–water partition coefficient (Wildman–Crippen LogP) is 13.1. The van der Waals surface area contributed by atoms with Gasteiger partial charge in [0.1, 0.15) is 11.6 Å². The van der Waals surface area contributed by atoms with E-state index >= 15 is 0 Å². The summed E-state index contributed by atoms with van der Waals surface area (Å²) in [6.45, 7) is 4.61. The van der Waals surface area contributed by atoms with Crippen molar-refractivity contribution in [2.24, 2.45) is 59.2 Å². The van der Waals surface area contributed by atoms with E-state index in [1.165, 1.54) is 186 Å². The van der Waals surface area contributed by atoms with Crippen LogP contribution in [0, 0.1) is 59.2 Å². The fourth-order valence-electron chi connectivity index (χ4n) is 12.2. The molecule has 0 aromatic heterocycles. The third-order valence-electron chi connectivity index (χ3n) is 14.6. The first-order valence-corrected chi connectivity index (χ1v) is 21.7. The van der Waals surface area contributed by atoms with Crippen molar-refractivity contribution in [3.05, 3.63) is 0 Å². The van der Waals surface area contributed by atoms with Crippen LogP contribution in [0.25, 0.3) is 0 Å². The van der Waals surface area contributed by atoms with Gasteiger partial charge >= 0.3 is 0 Å². The van der Waals surface area contributed by atoms with Crippen molar-refractivity contribution in [2.45, 2.75) is 206 Å². The number of unbranched alkanes of at least 4 members (excludes halogenated alkanes) is 18. The van der Waals surface area contributed by atoms with E-state index < -0.39 is 0 Å². The van der Waals surface area contributed by atoms with E-state index in [1.54, 1.807) is 0 Å². The Morgan fingerprint density at radius 3 is 1.54 bits per heavy atom. The van der Waals surface area contributed by atoms with Gasteiger partial charge in [0, 0.05) is 23.7 Å². The van der Waals surface area contributed by atoms with E-state index in [0.29, 0.717) is 64.8 Å². The summed E-state index contributed by atoms with van der Waals surface area (Å²) in [6.07, 6.45) is 40.2. The van der Waals surface area contributed by atoms with Gasteiger partial charge in [-0.3, -0.25) is 9.59 Å². The highest BCUT2D eigenvalue weighted by Gasteiger charge is 2.60. The highest BCUT2D eigenvalue weighted by molar-refractivity contribution is 5.87. The summed E-state index contributed by atoms with van der Waals surface area (Å²) >= 11 is 0. The SMILES string of the molecule is CCCCCCCCCCCCC1CC2C(CC3CC4C(CC32)C(=O)C2CCCCC24)C(=O)C1CCCCCCCCCCCC. The van der Waals surface area contributed by atoms with E-state index in [-0.39, 0.29) is 0 Å². The number of hydrogen-bond acceptors (Lipinski definition) is 2. The van der Waals surface area contributed by atoms with Crippen LogP contribution < -0.4 is 0 Å². The zero-order valence-electron chi connectivity index (χ0n) is 30.8. The third kappa shape index (κ3) is 9.52. The predicted molar refractivity (Wildman–Crippen MR) is 195 cm³/mol. The second-order valence-corrected chi connectivity index (χ2v) is 17.6. The Morgan fingerprint density at radius 1 is 0.435 bits per heavy atom. The van der Waals surface area contributed by atoms with Crippen LogP contribution in [0.15, 0.2) is 0 Å². The summed E-state index contributed by atoms with van der Waals surface area (Å²) in [7, 11) is 0. The van der Waals surface area contributed by atoms with E-state index in [9.17, 15) is 9.59 Å². The average molecular weight is 637 g/mol. The van der Waals surface area contributed by atoms with Crippen molar-refractivity contribution in [1.29, 1.82) is 0 Å². The van der Waals surface area contributed by atoms with Crippen LogP contribution in [0.5, 0.6) is 0 Å². The van der Waals surface area contributed by atoms with Crippen LogP contribution >= 0.6 is 0 Å². The van der Waals surface area contributed by atoms with Gasteiger partial charge in [-0.05, 0) is 86.9 Å². The smallest absolute Gasteiger partial charge is 0.139 e. The molecule has 2 nitrogen and oxygen atoms in total. The molecule has 0 aliphatic heterocycles. The normalized spacial score (nSPS) is 35.2. The standard InChI is InChI=1S/C44H76O2/c1-3-5-7-9-11-13-15-17-19-21-25-33-29-40-38-32-42-39(36-27-23-24-28-37(36)44(42)46)30-34(38)31-41(40)43(45)35(33)26-22-20-18-16-14-12-10-8-6-4-2/h33-42H,3-32H2,1-2H3. The van der Waals surface area contributed by atoms with Gasteiger partial charge in [-0.25, -0.2) is 0 Å². The molecule has 0 bridgehead atoms. The Balaban J connectivity index is 1.11. The van der Waals surface area contributed by atoms with Gasteiger partial charge in [0.2, 0.25) is 0 Å². The Morgan fingerprint density at radius 2 is 0.935 bits per heavy atom. The minimum Gasteiger partial charge on any atom is -0.299 e. The fraction of sp³-hybridized carbons (Fsp3) is 0.955. The van der Waals surface area contributed by atoms with Gasteiger partial charge in [-0.2, -0.15) is 0 Å². The summed E-state index contributed by atoms with van der Waals surface area (Å²) in [6, 6.07) is 0. The van der Waals surface area contributed by atoms with E-state index in [2.05, 4.69) is 13.8 Å². The highest BCUT2D eigenvalue weighted by atomic mass is 16.1. The maximum absolute atomic E-state index is 14.4. The molecule has 0 aromatic carbocycles. The quantitative estimate of drug-likeness (QED) is 0.111. The minimum atomic E-state index is 0.336. The molecular formula is C44H76O2. The largest absolute Gasteiger partial charge is 0.299 e. The van der Waals surface area contributed by atoms with Crippen molar-refractivity contribution in [1.82, 2.24) is 0 Å². The summed E-state index contributed by atoms with van der Waals surface area (Å²) < 4.78 is 0. The molecule has 46 heavy (non-hydrogen) atoms. The first-order valence-electron chi connectivity index (χ1n) is 21.7. The van der Waals surface area contributed by atoms with Crippen molar-refractivity contribution < 1.29 is 9.59 Å². The maximum Gasteiger partial charge on any atom is 0.139 e. The average Bonchev–Trinajstić information content (AvgIpc) is 3.57. The summed E-state index contributed by atoms with van der Waals surface area (Å²) in [5.74, 6) is 6.80. The lowest BCUT2D eigenvalue weighted by Gasteiger charge is -2.42. The fourth-order valence-corrected chi connectivity index (χ4v) is 12.2. The maximum atomic E-state index is 14.4. The van der Waals surface area contributed by atoms with Crippen LogP contribution in [0.3, 0.4) is 0 Å². The summed E-state index contributed by atoms with van der Waals surface area (Å²) in [5, 5.41) is 0. The second-order valence-electron chi connectivity index (χ2n) is 17.6. The molecule has 0 amide bonds. The molecule has 0 heterocycles.